The molecule has 0 heterocycles. The molecule has 0 aromatic heterocycles. The van der Waals surface area contributed by atoms with E-state index in [1.165, 1.54) is 0 Å². The van der Waals surface area contributed by atoms with Crippen molar-refractivity contribution in [3.8, 4) is 0 Å². The Bertz CT molecular complexity index is 8.81. The first-order chi connectivity index (χ1) is 0. The summed E-state index contributed by atoms with van der Waals surface area (Å²) in [6.07, 6.45) is 0. The van der Waals surface area contributed by atoms with Crippen LogP contribution in [0.25, 0.3) is 0 Å². The van der Waals surface area contributed by atoms with E-state index in [1.807, 2.05) is 0 Å². The Labute approximate surface area is 150 Å². The van der Waals surface area contributed by atoms with Gasteiger partial charge in [-0.2, -0.15) is 0 Å². The van der Waals surface area contributed by atoms with E-state index in [0.29, 0.717) is 0 Å². The Hall–Kier alpha value is 4.24. The standard InChI is InChI=1S/3H2O.7Zn/h3*1H2;;;;;;;. The maximum atomic E-state index is 0. The molecule has 3 nitrogen and oxygen atoms in total. The van der Waals surface area contributed by atoms with Gasteiger partial charge in [0.2, 0.25) is 0 Å². The third kappa shape index (κ3) is 86.0. The molecule has 0 fully saturated rings. The second kappa shape index (κ2) is 110. The molecule has 0 aliphatic rings. The van der Waals surface area contributed by atoms with E-state index < -0.39 is 0 Å². The van der Waals surface area contributed by atoms with Crippen molar-refractivity contribution in [3.63, 3.8) is 0 Å². The van der Waals surface area contributed by atoms with Crippen LogP contribution in [-0.4, -0.2) is 16.4 Å². The zero-order chi connectivity index (χ0) is 0. The van der Waals surface area contributed by atoms with Crippen molar-refractivity contribution in [2.75, 3.05) is 0 Å². The monoisotopic (exact) mass is 502 g/mol. The van der Waals surface area contributed by atoms with Gasteiger partial charge in [-0.25, -0.2) is 0 Å². The molecular weight excluding hydrogens is 506 g/mol. The van der Waals surface area contributed by atoms with Crippen LogP contribution >= 0.6 is 0 Å². The van der Waals surface area contributed by atoms with E-state index in [-0.39, 0.29) is 153 Å². The van der Waals surface area contributed by atoms with Crippen molar-refractivity contribution in [2.24, 2.45) is 0 Å². The molecule has 38 valence electrons. The Morgan fingerprint density at radius 2 is 0.200 bits per heavy atom. The van der Waals surface area contributed by atoms with Crippen molar-refractivity contribution in [2.45, 2.75) is 0 Å². The van der Waals surface area contributed by atoms with Gasteiger partial charge < -0.3 is 16.4 Å². The molecule has 0 amide bonds. The molecule has 0 atom stereocenters. The maximum absolute atomic E-state index is 0. The zero-order valence-electron chi connectivity index (χ0n) is 6.45. The van der Waals surface area contributed by atoms with Crippen LogP contribution in [0.1, 0.15) is 0 Å². The van der Waals surface area contributed by atoms with Crippen LogP contribution < -0.4 is 0 Å². The van der Waals surface area contributed by atoms with E-state index in [2.05, 4.69) is 0 Å². The van der Waals surface area contributed by atoms with Gasteiger partial charge in [0.15, 0.2) is 0 Å². The summed E-state index contributed by atoms with van der Waals surface area (Å²) in [5.41, 5.74) is 0. The quantitative estimate of drug-likeness (QED) is 0.322. The molecule has 0 aromatic rings. The first kappa shape index (κ1) is 139. The largest absolute Gasteiger partial charge is 0.412 e. The predicted molar refractivity (Wildman–Crippen MR) is 10.8 cm³/mol. The normalized spacial score (nSPS) is 0. The van der Waals surface area contributed by atoms with Gasteiger partial charge in [-0.1, -0.05) is 0 Å². The average Bonchev–Trinajstić information content (AvgIpc) is 0. The minimum atomic E-state index is 0. The van der Waals surface area contributed by atoms with Crippen LogP contribution in [0.2, 0.25) is 0 Å². The summed E-state index contributed by atoms with van der Waals surface area (Å²) in [7, 11) is 0. The summed E-state index contributed by atoms with van der Waals surface area (Å²) >= 11 is 0. The topological polar surface area (TPSA) is 94.5 Å². The number of rotatable bonds is 0. The van der Waals surface area contributed by atoms with E-state index >= 15 is 0 Å². The fourth-order valence-electron chi connectivity index (χ4n) is 0. The van der Waals surface area contributed by atoms with Gasteiger partial charge in [0.05, 0.1) is 0 Å². The SMILES string of the molecule is O.O.O.[Zn].[Zn].[Zn].[Zn].[Zn].[Zn].[Zn]. The second-order valence-corrected chi connectivity index (χ2v) is 0. The number of hydrogen-bond acceptors (Lipinski definition) is 0. The molecule has 0 saturated carbocycles. The molecule has 0 saturated heterocycles. The molecule has 0 aliphatic heterocycles. The van der Waals surface area contributed by atoms with Crippen LogP contribution in [0, 0.1) is 0 Å². The summed E-state index contributed by atoms with van der Waals surface area (Å²) in [4.78, 5) is 0. The van der Waals surface area contributed by atoms with Crippen LogP contribution in [0.3, 0.4) is 0 Å². The van der Waals surface area contributed by atoms with Crippen LogP contribution in [0.5, 0.6) is 0 Å². The minimum absolute atomic E-state index is 0. The molecule has 6 N–H and O–H groups in total. The molecule has 0 spiro atoms. The Morgan fingerprint density at radius 1 is 0.200 bits per heavy atom. The fraction of sp³-hybridized carbons (Fsp3) is 0. The summed E-state index contributed by atoms with van der Waals surface area (Å²) in [6.45, 7) is 0. The van der Waals surface area contributed by atoms with Crippen molar-refractivity contribution in [1.29, 1.82) is 0 Å². The van der Waals surface area contributed by atoms with Gasteiger partial charge >= 0.3 is 0 Å². The third-order valence-electron chi connectivity index (χ3n) is 0. The van der Waals surface area contributed by atoms with Gasteiger partial charge in [-0.3, -0.25) is 0 Å². The van der Waals surface area contributed by atoms with Gasteiger partial charge in [0, 0.05) is 136 Å². The van der Waals surface area contributed by atoms with E-state index in [4.69, 9.17) is 0 Å². The predicted octanol–water partition coefficient (Wildman–Crippen LogP) is -2.49. The summed E-state index contributed by atoms with van der Waals surface area (Å²) in [5.74, 6) is 0. The van der Waals surface area contributed by atoms with Crippen molar-refractivity contribution in [3.05, 3.63) is 0 Å². The summed E-state index contributed by atoms with van der Waals surface area (Å²) < 4.78 is 0. The fourth-order valence-corrected chi connectivity index (χ4v) is 0. The minimum Gasteiger partial charge on any atom is -0.412 e. The Balaban J connectivity index is 0. The molecule has 0 unspecified atom stereocenters. The summed E-state index contributed by atoms with van der Waals surface area (Å²) in [6, 6.07) is 0. The van der Waals surface area contributed by atoms with Crippen LogP contribution in [0.15, 0.2) is 0 Å². The van der Waals surface area contributed by atoms with E-state index in [9.17, 15) is 0 Å². The molecule has 0 radical (unpaired) electrons. The molecule has 0 aliphatic carbocycles. The Morgan fingerprint density at radius 3 is 0.200 bits per heavy atom. The van der Waals surface area contributed by atoms with Gasteiger partial charge in [-0.15, -0.1) is 0 Å². The maximum Gasteiger partial charge on any atom is 0 e. The Kier molecular flexibility index (Phi) is 1530. The molecular formula is H6O3Zn7. The van der Waals surface area contributed by atoms with Crippen molar-refractivity contribution in [1.82, 2.24) is 0 Å². The van der Waals surface area contributed by atoms with E-state index in [0.717, 1.165) is 0 Å². The third-order valence-corrected chi connectivity index (χ3v) is 0. The molecule has 10 heteroatoms. The second-order valence-electron chi connectivity index (χ2n) is 0. The smallest absolute Gasteiger partial charge is 0 e. The molecule has 10 heavy (non-hydrogen) atoms. The van der Waals surface area contributed by atoms with Crippen molar-refractivity contribution >= 4 is 0 Å². The first-order valence-corrected chi connectivity index (χ1v) is 0. The van der Waals surface area contributed by atoms with Gasteiger partial charge in [-0.05, 0) is 0 Å². The summed E-state index contributed by atoms with van der Waals surface area (Å²) in [5, 5.41) is 0. The molecule has 0 aromatic carbocycles. The molecule has 0 bridgehead atoms. The first-order valence-electron chi connectivity index (χ1n) is 0. The average molecular weight is 512 g/mol. The van der Waals surface area contributed by atoms with Gasteiger partial charge in [0.25, 0.3) is 0 Å². The van der Waals surface area contributed by atoms with Crippen molar-refractivity contribution < 1.29 is 153 Å². The van der Waals surface area contributed by atoms with Crippen LogP contribution in [-0.2, 0) is 136 Å². The zero-order valence-corrected chi connectivity index (χ0v) is 27.2. The van der Waals surface area contributed by atoms with E-state index in [1.54, 1.807) is 0 Å². The molecule has 0 rings (SSSR count). The van der Waals surface area contributed by atoms with Crippen LogP contribution in [0.4, 0.5) is 0 Å². The number of hydrogen-bond donors (Lipinski definition) is 0. The van der Waals surface area contributed by atoms with Gasteiger partial charge in [0.1, 0.15) is 0 Å².